The monoisotopic (exact) mass is 329 g/mol. The molecule has 1 aromatic carbocycles. The second kappa shape index (κ2) is 5.17. The highest BCUT2D eigenvalue weighted by Crippen LogP contribution is 2.36. The van der Waals surface area contributed by atoms with Gasteiger partial charge in [0.1, 0.15) is 0 Å². The van der Waals surface area contributed by atoms with Crippen molar-refractivity contribution in [3.05, 3.63) is 33.4 Å². The van der Waals surface area contributed by atoms with Crippen molar-refractivity contribution in [3.8, 4) is 0 Å². The zero-order chi connectivity index (χ0) is 11.5. The first-order chi connectivity index (χ1) is 7.66. The first kappa shape index (κ1) is 11.9. The number of amides is 1. The van der Waals surface area contributed by atoms with Gasteiger partial charge >= 0.3 is 0 Å². The lowest BCUT2D eigenvalue weighted by atomic mass is 10.1. The van der Waals surface area contributed by atoms with Crippen LogP contribution in [0.3, 0.4) is 0 Å². The maximum Gasteiger partial charge on any atom is 0.251 e. The summed E-state index contributed by atoms with van der Waals surface area (Å²) in [7, 11) is 0. The number of halogens is 1. The molecule has 0 saturated heterocycles. The molecule has 0 heterocycles. The van der Waals surface area contributed by atoms with Gasteiger partial charge in [0.2, 0.25) is 0 Å². The van der Waals surface area contributed by atoms with Crippen molar-refractivity contribution in [1.82, 2.24) is 5.32 Å². The molecule has 0 radical (unpaired) electrons. The van der Waals surface area contributed by atoms with Gasteiger partial charge in [-0.25, -0.2) is 0 Å². The molecule has 2 nitrogen and oxygen atoms in total. The second-order valence-corrected chi connectivity index (χ2v) is 5.78. The minimum Gasteiger partial charge on any atom is -0.352 e. The predicted octanol–water partition coefficient (Wildman–Crippen LogP) is 3.07. The van der Waals surface area contributed by atoms with Crippen molar-refractivity contribution < 1.29 is 4.79 Å². The van der Waals surface area contributed by atoms with E-state index in [1.807, 2.05) is 24.3 Å². The van der Waals surface area contributed by atoms with Crippen molar-refractivity contribution in [1.29, 1.82) is 0 Å². The van der Waals surface area contributed by atoms with Crippen LogP contribution >= 0.6 is 22.6 Å². The molecule has 1 aromatic rings. The van der Waals surface area contributed by atoms with Crippen LogP contribution < -0.4 is 5.32 Å². The maximum atomic E-state index is 11.8. The normalized spacial score (nSPS) is 16.9. The molecule has 0 aliphatic heterocycles. The standard InChI is InChI=1S/C13H16INO/c1-9(10-2-3-10)8-15-13(16)11-4-6-12(14)7-5-11/h4-7,9-10H,2-3,8H2,1H3,(H,15,16). The van der Waals surface area contributed by atoms with Crippen LogP contribution in [0.15, 0.2) is 24.3 Å². The number of carbonyl (C=O) groups is 1. The summed E-state index contributed by atoms with van der Waals surface area (Å²) in [5.41, 5.74) is 0.753. The Morgan fingerprint density at radius 1 is 1.44 bits per heavy atom. The smallest absolute Gasteiger partial charge is 0.251 e. The zero-order valence-corrected chi connectivity index (χ0v) is 11.5. The molecule has 3 heteroatoms. The van der Waals surface area contributed by atoms with Crippen molar-refractivity contribution in [2.75, 3.05) is 6.54 Å². The van der Waals surface area contributed by atoms with Crippen LogP contribution in [0.5, 0.6) is 0 Å². The van der Waals surface area contributed by atoms with Gasteiger partial charge in [-0.1, -0.05) is 6.92 Å². The minimum atomic E-state index is 0.0453. The van der Waals surface area contributed by atoms with Gasteiger partial charge in [0, 0.05) is 15.7 Å². The molecule has 16 heavy (non-hydrogen) atoms. The fraction of sp³-hybridized carbons (Fsp3) is 0.462. The van der Waals surface area contributed by atoms with Crippen molar-refractivity contribution in [2.45, 2.75) is 19.8 Å². The number of benzene rings is 1. The highest BCUT2D eigenvalue weighted by atomic mass is 127. The summed E-state index contributed by atoms with van der Waals surface area (Å²) in [4.78, 5) is 11.8. The van der Waals surface area contributed by atoms with E-state index < -0.39 is 0 Å². The van der Waals surface area contributed by atoms with E-state index in [0.29, 0.717) is 5.92 Å². The summed E-state index contributed by atoms with van der Waals surface area (Å²) in [5, 5.41) is 3.00. The molecule has 1 amide bonds. The zero-order valence-electron chi connectivity index (χ0n) is 9.37. The molecule has 1 aliphatic rings. The SMILES string of the molecule is CC(CNC(=O)c1ccc(I)cc1)C1CC1. The van der Waals surface area contributed by atoms with Gasteiger partial charge < -0.3 is 5.32 Å². The summed E-state index contributed by atoms with van der Waals surface area (Å²) >= 11 is 2.24. The van der Waals surface area contributed by atoms with Crippen molar-refractivity contribution in [3.63, 3.8) is 0 Å². The highest BCUT2D eigenvalue weighted by molar-refractivity contribution is 14.1. The van der Waals surface area contributed by atoms with Gasteiger partial charge in [-0.15, -0.1) is 0 Å². The van der Waals surface area contributed by atoms with Gasteiger partial charge in [-0.3, -0.25) is 4.79 Å². The molecule has 86 valence electrons. The molecule has 1 unspecified atom stereocenters. The third-order valence-electron chi connectivity index (χ3n) is 3.12. The van der Waals surface area contributed by atoms with E-state index in [-0.39, 0.29) is 5.91 Å². The number of rotatable bonds is 4. The molecule has 1 saturated carbocycles. The Morgan fingerprint density at radius 3 is 2.62 bits per heavy atom. The molecule has 0 spiro atoms. The van der Waals surface area contributed by atoms with Crippen LogP contribution in [0.2, 0.25) is 0 Å². The van der Waals surface area contributed by atoms with Gasteiger partial charge in [0.05, 0.1) is 0 Å². The van der Waals surface area contributed by atoms with E-state index in [2.05, 4.69) is 34.8 Å². The Kier molecular flexibility index (Phi) is 3.84. The average Bonchev–Trinajstić information content (AvgIpc) is 3.10. The Balaban J connectivity index is 1.85. The van der Waals surface area contributed by atoms with E-state index in [4.69, 9.17) is 0 Å². The third-order valence-corrected chi connectivity index (χ3v) is 3.84. The Hall–Kier alpha value is -0.580. The second-order valence-electron chi connectivity index (χ2n) is 4.53. The van der Waals surface area contributed by atoms with E-state index in [1.165, 1.54) is 12.8 Å². The van der Waals surface area contributed by atoms with Crippen molar-refractivity contribution in [2.24, 2.45) is 11.8 Å². The average molecular weight is 329 g/mol. The molecule has 0 aromatic heterocycles. The topological polar surface area (TPSA) is 29.1 Å². The van der Waals surface area contributed by atoms with Crippen LogP contribution in [0.4, 0.5) is 0 Å². The summed E-state index contributed by atoms with van der Waals surface area (Å²) < 4.78 is 1.15. The number of nitrogens with one attached hydrogen (secondary N) is 1. The van der Waals surface area contributed by atoms with Crippen molar-refractivity contribution >= 4 is 28.5 Å². The number of hydrogen-bond donors (Lipinski definition) is 1. The number of carbonyl (C=O) groups excluding carboxylic acids is 1. The van der Waals surface area contributed by atoms with Crippen LogP contribution in [-0.2, 0) is 0 Å². The Morgan fingerprint density at radius 2 is 2.06 bits per heavy atom. The van der Waals surface area contributed by atoms with E-state index in [1.54, 1.807) is 0 Å². The van der Waals surface area contributed by atoms with Crippen LogP contribution in [-0.4, -0.2) is 12.5 Å². The van der Waals surface area contributed by atoms with Crippen LogP contribution in [0, 0.1) is 15.4 Å². The molecule has 1 N–H and O–H groups in total. The molecular weight excluding hydrogens is 313 g/mol. The largest absolute Gasteiger partial charge is 0.352 e. The summed E-state index contributed by atoms with van der Waals surface area (Å²) in [6, 6.07) is 7.66. The molecular formula is C13H16INO. The minimum absolute atomic E-state index is 0.0453. The van der Waals surface area contributed by atoms with Crippen LogP contribution in [0.1, 0.15) is 30.1 Å². The molecule has 0 bridgehead atoms. The first-order valence-corrected chi connectivity index (χ1v) is 6.78. The summed E-state index contributed by atoms with van der Waals surface area (Å²) in [6.07, 6.45) is 2.67. The lowest BCUT2D eigenvalue weighted by Gasteiger charge is -2.11. The predicted molar refractivity (Wildman–Crippen MR) is 73.4 cm³/mol. The van der Waals surface area contributed by atoms with E-state index >= 15 is 0 Å². The van der Waals surface area contributed by atoms with Crippen LogP contribution in [0.25, 0.3) is 0 Å². The summed E-state index contributed by atoms with van der Waals surface area (Å²) in [5.74, 6) is 1.51. The fourth-order valence-electron chi connectivity index (χ4n) is 1.79. The Bertz CT molecular complexity index is 370. The summed E-state index contributed by atoms with van der Waals surface area (Å²) in [6.45, 7) is 3.02. The van der Waals surface area contributed by atoms with Gasteiger partial charge in [0.25, 0.3) is 5.91 Å². The van der Waals surface area contributed by atoms with Gasteiger partial charge in [-0.2, -0.15) is 0 Å². The first-order valence-electron chi connectivity index (χ1n) is 5.70. The highest BCUT2D eigenvalue weighted by Gasteiger charge is 2.27. The fourth-order valence-corrected chi connectivity index (χ4v) is 2.15. The molecule has 1 fully saturated rings. The lowest BCUT2D eigenvalue weighted by molar-refractivity contribution is 0.0946. The van der Waals surface area contributed by atoms with Gasteiger partial charge in [0.15, 0.2) is 0 Å². The van der Waals surface area contributed by atoms with Gasteiger partial charge in [-0.05, 0) is 71.5 Å². The quantitative estimate of drug-likeness (QED) is 0.845. The maximum absolute atomic E-state index is 11.8. The van der Waals surface area contributed by atoms with E-state index in [9.17, 15) is 4.79 Å². The Labute approximate surface area is 110 Å². The third kappa shape index (κ3) is 3.20. The molecule has 1 aliphatic carbocycles. The number of hydrogen-bond acceptors (Lipinski definition) is 1. The molecule has 1 atom stereocenters. The molecule has 2 rings (SSSR count). The lowest BCUT2D eigenvalue weighted by Crippen LogP contribution is -2.28. The van der Waals surface area contributed by atoms with E-state index in [0.717, 1.165) is 21.6 Å².